The van der Waals surface area contributed by atoms with Gasteiger partial charge in [-0.3, -0.25) is 9.59 Å². The molecule has 1 rings (SSSR count). The maximum absolute atomic E-state index is 10.9. The van der Waals surface area contributed by atoms with Crippen molar-refractivity contribution in [3.05, 3.63) is 28.8 Å². The lowest BCUT2D eigenvalue weighted by atomic mass is 9.95. The summed E-state index contributed by atoms with van der Waals surface area (Å²) < 4.78 is 5.34. The molecule has 0 radical (unpaired) electrons. The van der Waals surface area contributed by atoms with Gasteiger partial charge in [-0.15, -0.1) is 0 Å². The summed E-state index contributed by atoms with van der Waals surface area (Å²) in [6, 6.07) is 4.78. The molecular weight excluding hydrogens is 244 g/mol. The summed E-state index contributed by atoms with van der Waals surface area (Å²) in [4.78, 5) is 21.7. The van der Waals surface area contributed by atoms with Gasteiger partial charge in [0.1, 0.15) is 12.4 Å². The van der Waals surface area contributed by atoms with E-state index >= 15 is 0 Å². The van der Waals surface area contributed by atoms with Gasteiger partial charge in [0, 0.05) is 0 Å². The molecule has 0 saturated carbocycles. The fraction of sp³-hybridized carbons (Fsp3) is 0.333. The number of hydrogen-bond acceptors (Lipinski definition) is 3. The number of carbonyl (C=O) groups excluding carboxylic acids is 1. The average molecular weight is 257 g/mol. The van der Waals surface area contributed by atoms with Gasteiger partial charge in [0.15, 0.2) is 6.29 Å². The molecule has 17 heavy (non-hydrogen) atoms. The zero-order valence-corrected chi connectivity index (χ0v) is 10.3. The molecule has 0 spiro atoms. The smallest absolute Gasteiger partial charge is 0.312 e. The molecule has 0 fully saturated rings. The van der Waals surface area contributed by atoms with Crippen LogP contribution in [-0.2, 0) is 4.79 Å². The maximum atomic E-state index is 10.9. The Balaban J connectivity index is 2.87. The van der Waals surface area contributed by atoms with E-state index in [2.05, 4.69) is 0 Å². The monoisotopic (exact) mass is 256 g/mol. The predicted molar refractivity (Wildman–Crippen MR) is 63.8 cm³/mol. The molecule has 1 N–H and O–H groups in total. The van der Waals surface area contributed by atoms with Gasteiger partial charge >= 0.3 is 5.97 Å². The van der Waals surface area contributed by atoms with Crippen LogP contribution in [0.25, 0.3) is 0 Å². The van der Waals surface area contributed by atoms with Crippen molar-refractivity contribution in [2.75, 3.05) is 6.61 Å². The Hall–Kier alpha value is -1.55. The van der Waals surface area contributed by atoms with E-state index in [1.54, 1.807) is 32.0 Å². The van der Waals surface area contributed by atoms with E-state index in [9.17, 15) is 9.59 Å². The second-order valence-corrected chi connectivity index (χ2v) is 4.65. The van der Waals surface area contributed by atoms with Crippen LogP contribution in [0.2, 0.25) is 5.02 Å². The van der Waals surface area contributed by atoms with Crippen molar-refractivity contribution in [2.45, 2.75) is 13.8 Å². The number of carbonyl (C=O) groups is 2. The summed E-state index contributed by atoms with van der Waals surface area (Å²) in [6.07, 6.45) is 0.589. The zero-order valence-electron chi connectivity index (χ0n) is 9.57. The first kappa shape index (κ1) is 13.5. The van der Waals surface area contributed by atoms with E-state index in [0.29, 0.717) is 12.0 Å². The molecule has 0 saturated heterocycles. The summed E-state index contributed by atoms with van der Waals surface area (Å²) in [6.45, 7) is 3.05. The van der Waals surface area contributed by atoms with E-state index < -0.39 is 11.4 Å². The minimum atomic E-state index is -1.03. The predicted octanol–water partition coefficient (Wildman–Crippen LogP) is 2.64. The molecular formula is C12H13ClO4. The number of halogens is 1. The van der Waals surface area contributed by atoms with Crippen LogP contribution >= 0.6 is 11.6 Å². The van der Waals surface area contributed by atoms with Gasteiger partial charge in [0.05, 0.1) is 16.0 Å². The fourth-order valence-electron chi connectivity index (χ4n) is 1.08. The minimum Gasteiger partial charge on any atom is -0.492 e. The second kappa shape index (κ2) is 5.19. The second-order valence-electron chi connectivity index (χ2n) is 4.25. The molecule has 0 aliphatic heterocycles. The zero-order chi connectivity index (χ0) is 13.1. The molecule has 5 heteroatoms. The van der Waals surface area contributed by atoms with Crippen molar-refractivity contribution in [1.29, 1.82) is 0 Å². The molecule has 0 bridgehead atoms. The third kappa shape index (κ3) is 3.20. The highest BCUT2D eigenvalue weighted by Gasteiger charge is 2.28. The van der Waals surface area contributed by atoms with Crippen molar-refractivity contribution < 1.29 is 19.4 Å². The Morgan fingerprint density at radius 1 is 1.53 bits per heavy atom. The normalized spacial score (nSPS) is 11.0. The lowest BCUT2D eigenvalue weighted by molar-refractivity contribution is -0.148. The van der Waals surface area contributed by atoms with Gasteiger partial charge < -0.3 is 9.84 Å². The molecule has 1 aromatic carbocycles. The number of carboxylic acid groups (broad SMARTS) is 1. The summed E-state index contributed by atoms with van der Waals surface area (Å²) in [5, 5.41) is 9.21. The van der Waals surface area contributed by atoms with Crippen LogP contribution in [0.5, 0.6) is 5.75 Å². The molecule has 0 heterocycles. The molecule has 0 atom stereocenters. The van der Waals surface area contributed by atoms with Gasteiger partial charge in [-0.1, -0.05) is 17.7 Å². The summed E-state index contributed by atoms with van der Waals surface area (Å²) in [5.41, 5.74) is -0.794. The highest BCUT2D eigenvalue weighted by molar-refractivity contribution is 6.33. The highest BCUT2D eigenvalue weighted by Crippen LogP contribution is 2.26. The number of ether oxygens (including phenoxy) is 1. The van der Waals surface area contributed by atoms with Gasteiger partial charge in [-0.2, -0.15) is 0 Å². The average Bonchev–Trinajstić information content (AvgIpc) is 2.26. The Morgan fingerprint density at radius 3 is 2.71 bits per heavy atom. The van der Waals surface area contributed by atoms with Crippen LogP contribution in [0, 0.1) is 5.41 Å². The van der Waals surface area contributed by atoms with Crippen LogP contribution < -0.4 is 4.74 Å². The van der Waals surface area contributed by atoms with E-state index in [0.717, 1.165) is 0 Å². The Bertz CT molecular complexity index is 440. The molecule has 0 aliphatic rings. The SMILES string of the molecule is CC(C)(COc1cccc(Cl)c1C=O)C(=O)O. The van der Waals surface area contributed by atoms with Crippen molar-refractivity contribution in [3.8, 4) is 5.75 Å². The molecule has 0 aromatic heterocycles. The van der Waals surface area contributed by atoms with Crippen molar-refractivity contribution in [3.63, 3.8) is 0 Å². The first-order valence-electron chi connectivity index (χ1n) is 4.98. The first-order valence-corrected chi connectivity index (χ1v) is 5.36. The van der Waals surface area contributed by atoms with Crippen LogP contribution in [-0.4, -0.2) is 24.0 Å². The number of rotatable bonds is 5. The summed E-state index contributed by atoms with van der Waals surface area (Å²) in [7, 11) is 0. The topological polar surface area (TPSA) is 63.6 Å². The lowest BCUT2D eigenvalue weighted by Gasteiger charge is -2.20. The summed E-state index contributed by atoms with van der Waals surface area (Å²) >= 11 is 5.81. The van der Waals surface area contributed by atoms with E-state index in [-0.39, 0.29) is 17.2 Å². The maximum Gasteiger partial charge on any atom is 0.312 e. The molecule has 92 valence electrons. The van der Waals surface area contributed by atoms with Gasteiger partial charge in [0.2, 0.25) is 0 Å². The van der Waals surface area contributed by atoms with Gasteiger partial charge in [0.25, 0.3) is 0 Å². The van der Waals surface area contributed by atoms with Crippen LogP contribution in [0.1, 0.15) is 24.2 Å². The fourth-order valence-corrected chi connectivity index (χ4v) is 1.29. The van der Waals surface area contributed by atoms with Crippen molar-refractivity contribution in [1.82, 2.24) is 0 Å². The van der Waals surface area contributed by atoms with Crippen molar-refractivity contribution >= 4 is 23.9 Å². The minimum absolute atomic E-state index is 0.0382. The number of benzene rings is 1. The Kier molecular flexibility index (Phi) is 4.12. The third-order valence-electron chi connectivity index (χ3n) is 2.30. The van der Waals surface area contributed by atoms with E-state index in [1.165, 1.54) is 0 Å². The quantitative estimate of drug-likeness (QED) is 0.823. The molecule has 0 amide bonds. The first-order chi connectivity index (χ1) is 7.88. The van der Waals surface area contributed by atoms with Crippen LogP contribution in [0.4, 0.5) is 0 Å². The largest absolute Gasteiger partial charge is 0.492 e. The Morgan fingerprint density at radius 2 is 2.18 bits per heavy atom. The van der Waals surface area contributed by atoms with Crippen molar-refractivity contribution in [2.24, 2.45) is 5.41 Å². The molecule has 0 unspecified atom stereocenters. The highest BCUT2D eigenvalue weighted by atomic mass is 35.5. The standard InChI is InChI=1S/C12H13ClO4/c1-12(2,11(15)16)7-17-10-5-3-4-9(13)8(10)6-14/h3-6H,7H2,1-2H3,(H,15,16). The summed E-state index contributed by atoms with van der Waals surface area (Å²) in [5.74, 6) is -0.672. The van der Waals surface area contributed by atoms with E-state index in [1.807, 2.05) is 0 Å². The molecule has 1 aromatic rings. The Labute approximate surface area is 104 Å². The van der Waals surface area contributed by atoms with E-state index in [4.69, 9.17) is 21.4 Å². The third-order valence-corrected chi connectivity index (χ3v) is 2.63. The number of aliphatic carboxylic acids is 1. The molecule has 4 nitrogen and oxygen atoms in total. The van der Waals surface area contributed by atoms with Crippen LogP contribution in [0.3, 0.4) is 0 Å². The number of hydrogen-bond donors (Lipinski definition) is 1. The number of aldehydes is 1. The molecule has 0 aliphatic carbocycles. The van der Waals surface area contributed by atoms with Gasteiger partial charge in [-0.05, 0) is 26.0 Å². The van der Waals surface area contributed by atoms with Crippen LogP contribution in [0.15, 0.2) is 18.2 Å². The van der Waals surface area contributed by atoms with Gasteiger partial charge in [-0.25, -0.2) is 0 Å². The number of carboxylic acids is 1. The lowest BCUT2D eigenvalue weighted by Crippen LogP contribution is -2.30.